The van der Waals surface area contributed by atoms with Gasteiger partial charge in [-0.2, -0.15) is 0 Å². The molecule has 0 bridgehead atoms. The molecule has 0 aliphatic heterocycles. The van der Waals surface area contributed by atoms with Gasteiger partial charge in [0.1, 0.15) is 0 Å². The van der Waals surface area contributed by atoms with Crippen molar-refractivity contribution >= 4 is 7.72 Å². The fourth-order valence-electron chi connectivity index (χ4n) is 0. The summed E-state index contributed by atoms with van der Waals surface area (Å²) in [4.78, 5) is 0. The molecule has 4 heavy (non-hydrogen) atoms. The predicted octanol–water partition coefficient (Wildman–Crippen LogP) is -6.49. The first kappa shape index (κ1) is 26.1. The van der Waals surface area contributed by atoms with E-state index in [4.69, 9.17) is 4.70 Å². The van der Waals surface area contributed by atoms with E-state index in [1.54, 1.807) is 0 Å². The summed E-state index contributed by atoms with van der Waals surface area (Å²) in [6.45, 7) is 0. The maximum absolute atomic E-state index is 7.75. The molecule has 0 aromatic carbocycles. The van der Waals surface area contributed by atoms with Crippen LogP contribution in [0.1, 0.15) is 0 Å². The van der Waals surface area contributed by atoms with Crippen molar-refractivity contribution in [3.05, 3.63) is 0 Å². The molecule has 1 nitrogen and oxygen atoms in total. The van der Waals surface area contributed by atoms with Gasteiger partial charge in [-0.1, -0.05) is 0 Å². The van der Waals surface area contributed by atoms with Crippen LogP contribution in [0.4, 0.5) is 0 Å². The van der Waals surface area contributed by atoms with Crippen LogP contribution < -0.4 is 23.6 Å². The monoisotopic (exact) mass is 53.0 g/mol. The van der Waals surface area contributed by atoms with Crippen LogP contribution in [-0.2, 0) is 4.70 Å². The van der Waals surface area contributed by atoms with Crippen molar-refractivity contribution in [2.45, 2.75) is 0 Å². The molecule has 0 atom stereocenters. The van der Waals surface area contributed by atoms with Crippen molar-refractivity contribution in [3.8, 4) is 0 Å². The molecular weight excluding hydrogens is 52.8 g/mol. The van der Waals surface area contributed by atoms with E-state index in [0.717, 1.165) is 0 Å². The van der Waals surface area contributed by atoms with E-state index in [1.807, 2.05) is 0 Å². The number of hydrogen-bond acceptors (Lipinski definition) is 1. The fraction of sp³-hybridized carbons (Fsp3) is 0. The second kappa shape index (κ2) is 126. The van der Waals surface area contributed by atoms with Crippen molar-refractivity contribution in [3.63, 3.8) is 0 Å². The van der Waals surface area contributed by atoms with Gasteiger partial charge < -0.3 is 4.70 Å². The van der Waals surface area contributed by atoms with Gasteiger partial charge in [0, 0.05) is 0 Å². The summed E-state index contributed by atoms with van der Waals surface area (Å²) in [5.41, 5.74) is 0. The van der Waals surface area contributed by atoms with Crippen molar-refractivity contribution in [1.82, 2.24) is 0 Å². The molecule has 1 radical (unpaired) electrons. The molecule has 0 aromatic heterocycles. The Kier molecular flexibility index (Phi) is 822. The third-order valence-corrected chi connectivity index (χ3v) is 0. The van der Waals surface area contributed by atoms with Crippen molar-refractivity contribution < 1.29 is 28.3 Å². The topological polar surface area (TPSA) is 17.1 Å². The average molecular weight is 52.8 g/mol. The van der Waals surface area contributed by atoms with Crippen molar-refractivity contribution in [2.24, 2.45) is 0 Å². The summed E-state index contributed by atoms with van der Waals surface area (Å²) in [7, 11) is 3.25. The molecule has 0 rings (SSSR count). The molecule has 0 amide bonds. The van der Waals surface area contributed by atoms with Gasteiger partial charge in [0.05, 0.1) is 0 Å². The van der Waals surface area contributed by atoms with Gasteiger partial charge >= 0.3 is 31.3 Å². The minimum absolute atomic E-state index is 0. The SMILES string of the molecule is [B]=O.[F-].[Li+]. The Balaban J connectivity index is -0.00000000500. The quantitative estimate of drug-likeness (QED) is 0.251. The number of halogens is 1. The summed E-state index contributed by atoms with van der Waals surface area (Å²) in [5.74, 6) is 0. The van der Waals surface area contributed by atoms with Crippen LogP contribution in [0.5, 0.6) is 0 Å². The molecule has 0 unspecified atom stereocenters. The van der Waals surface area contributed by atoms with E-state index in [9.17, 15) is 0 Å². The van der Waals surface area contributed by atoms with Crippen molar-refractivity contribution in [1.29, 1.82) is 0 Å². The molecule has 0 fully saturated rings. The Bertz CT molecular complexity index is 8.00. The second-order valence-electron chi connectivity index (χ2n) is 0. The maximum Gasteiger partial charge on any atom is 1.00 e. The first-order chi connectivity index (χ1) is 1.00. The van der Waals surface area contributed by atoms with Crippen LogP contribution in [0.3, 0.4) is 0 Å². The molecule has 0 saturated carbocycles. The van der Waals surface area contributed by atoms with Crippen molar-refractivity contribution in [2.75, 3.05) is 0 Å². The predicted molar refractivity (Wildman–Crippen MR) is 6.44 cm³/mol. The van der Waals surface area contributed by atoms with E-state index in [-0.39, 0.29) is 23.6 Å². The Morgan fingerprint density at radius 2 is 1.25 bits per heavy atom. The Morgan fingerprint density at radius 1 is 1.25 bits per heavy atom. The van der Waals surface area contributed by atoms with E-state index in [1.165, 1.54) is 0 Å². The summed E-state index contributed by atoms with van der Waals surface area (Å²) >= 11 is 0. The molecule has 17 valence electrons. The largest absolute Gasteiger partial charge is 1.00 e. The molecule has 0 aliphatic rings. The average Bonchev–Trinajstić information content (AvgIpc) is 1.00. The van der Waals surface area contributed by atoms with Gasteiger partial charge in [-0.25, -0.2) is 0 Å². The van der Waals surface area contributed by atoms with Crippen LogP contribution in [0, 0.1) is 0 Å². The zero-order valence-corrected chi connectivity index (χ0v) is 2.36. The molecule has 0 heterocycles. The van der Waals surface area contributed by atoms with Gasteiger partial charge in [-0.15, -0.1) is 0 Å². The Morgan fingerprint density at radius 3 is 1.25 bits per heavy atom. The third-order valence-electron chi connectivity index (χ3n) is 0. The first-order valence-corrected chi connectivity index (χ1v) is 0.236. The zero-order chi connectivity index (χ0) is 2.00. The molecular formula is BFLiO. The third kappa shape index (κ3) is 30.1. The second-order valence-corrected chi connectivity index (χ2v) is 0. The molecule has 0 spiro atoms. The molecule has 0 aliphatic carbocycles. The fourth-order valence-corrected chi connectivity index (χ4v) is 0. The van der Waals surface area contributed by atoms with Crippen LogP contribution in [-0.4, -0.2) is 7.72 Å². The van der Waals surface area contributed by atoms with Gasteiger partial charge in [0.25, 0.3) is 0 Å². The first-order valence-electron chi connectivity index (χ1n) is 0.236. The van der Waals surface area contributed by atoms with Gasteiger partial charge in [-0.3, -0.25) is 0 Å². The summed E-state index contributed by atoms with van der Waals surface area (Å²) in [6, 6.07) is 0. The number of rotatable bonds is 0. The standard InChI is InChI=1S/BO.FH.Li/c1-2;;/h;1H;/q;;+1/p-1. The molecule has 0 aromatic rings. The minimum atomic E-state index is 0. The van der Waals surface area contributed by atoms with E-state index < -0.39 is 0 Å². The molecule has 0 saturated heterocycles. The zero-order valence-electron chi connectivity index (χ0n) is 2.36. The summed E-state index contributed by atoms with van der Waals surface area (Å²) in [6.07, 6.45) is 0. The van der Waals surface area contributed by atoms with Crippen LogP contribution in [0.15, 0.2) is 0 Å². The normalized spacial score (nSPS) is 0.750. The van der Waals surface area contributed by atoms with Crippen LogP contribution in [0.2, 0.25) is 0 Å². The minimum Gasteiger partial charge on any atom is -1.00 e. The summed E-state index contributed by atoms with van der Waals surface area (Å²) in [5, 5.41) is 0. The summed E-state index contributed by atoms with van der Waals surface area (Å²) < 4.78 is 7.75. The van der Waals surface area contributed by atoms with Crippen LogP contribution in [0.25, 0.3) is 0 Å². The Hall–Kier alpha value is 0.392. The Labute approximate surface area is 36.7 Å². The van der Waals surface area contributed by atoms with Gasteiger partial charge in [0.15, 0.2) is 0 Å². The van der Waals surface area contributed by atoms with Gasteiger partial charge in [0.2, 0.25) is 0 Å². The smallest absolute Gasteiger partial charge is 1.00 e. The maximum atomic E-state index is 7.75. The van der Waals surface area contributed by atoms with Gasteiger partial charge in [-0.05, 0) is 0 Å². The van der Waals surface area contributed by atoms with Crippen LogP contribution >= 0.6 is 0 Å². The van der Waals surface area contributed by atoms with E-state index >= 15 is 0 Å². The number of hydrogen-bond donors (Lipinski definition) is 0. The van der Waals surface area contributed by atoms with E-state index in [0.29, 0.717) is 0 Å². The molecule has 4 heteroatoms. The molecule has 0 N–H and O–H groups in total. The van der Waals surface area contributed by atoms with E-state index in [2.05, 4.69) is 7.72 Å².